The van der Waals surface area contributed by atoms with Crippen molar-refractivity contribution in [2.24, 2.45) is 0 Å². The van der Waals surface area contributed by atoms with E-state index >= 15 is 0 Å². The second-order valence-corrected chi connectivity index (χ2v) is 7.46. The third kappa shape index (κ3) is 4.11. The molecule has 0 radical (unpaired) electrons. The van der Waals surface area contributed by atoms with Crippen molar-refractivity contribution in [3.05, 3.63) is 60.7 Å². The number of rotatable bonds is 5. The highest BCUT2D eigenvalue weighted by atomic mass is 16.5. The zero-order chi connectivity index (χ0) is 23.7. The molecule has 34 heavy (non-hydrogen) atoms. The van der Waals surface area contributed by atoms with Gasteiger partial charge in [0.25, 0.3) is 0 Å². The first-order valence-corrected chi connectivity index (χ1v) is 10.5. The van der Waals surface area contributed by atoms with Crippen molar-refractivity contribution in [1.29, 1.82) is 0 Å². The van der Waals surface area contributed by atoms with Crippen LogP contribution in [0.25, 0.3) is 44.8 Å². The molecule has 0 aliphatic carbocycles. The molecule has 2 amide bonds. The van der Waals surface area contributed by atoms with Crippen LogP contribution in [0.4, 0.5) is 21.0 Å². The van der Waals surface area contributed by atoms with Gasteiger partial charge in [0.05, 0.1) is 28.7 Å². The molecule has 0 aliphatic heterocycles. The van der Waals surface area contributed by atoms with Crippen LogP contribution in [0.3, 0.4) is 0 Å². The molecule has 0 unspecified atom stereocenters. The first-order valence-electron chi connectivity index (χ1n) is 10.5. The Kier molecular flexibility index (Phi) is 5.30. The number of fused-ring (bicyclic) bond motifs is 2. The number of imidazole rings is 2. The molecule has 2 heterocycles. The van der Waals surface area contributed by atoms with Crippen molar-refractivity contribution in [3.8, 4) is 22.8 Å². The van der Waals surface area contributed by atoms with Crippen molar-refractivity contribution in [2.45, 2.75) is 6.92 Å². The molecule has 0 fully saturated rings. The van der Waals surface area contributed by atoms with Gasteiger partial charge in [0.2, 0.25) is 0 Å². The molecule has 0 saturated carbocycles. The normalized spacial score (nSPS) is 11.0. The van der Waals surface area contributed by atoms with E-state index < -0.39 is 12.2 Å². The number of nitrogens with one attached hydrogen (secondary N) is 4. The molecular weight excluding hydrogens is 436 g/mol. The molecule has 0 spiro atoms. The number of hydrogen-bond acceptors (Lipinski definition) is 5. The first-order chi connectivity index (χ1) is 16.5. The summed E-state index contributed by atoms with van der Waals surface area (Å²) in [6, 6.07) is 18.2. The smallest absolute Gasteiger partial charge is 0.411 e. The van der Waals surface area contributed by atoms with E-state index in [1.165, 1.54) is 0 Å². The minimum atomic E-state index is -1.13. The Morgan fingerprint density at radius 3 is 1.88 bits per heavy atom. The lowest BCUT2D eigenvalue weighted by molar-refractivity contribution is 0.168. The number of nitrogens with zero attached hydrogens (tertiary/aromatic N) is 2. The Labute approximate surface area is 193 Å². The van der Waals surface area contributed by atoms with Gasteiger partial charge in [0.1, 0.15) is 11.6 Å². The van der Waals surface area contributed by atoms with Crippen LogP contribution in [-0.4, -0.2) is 43.8 Å². The number of amides is 2. The topological polar surface area (TPSA) is 145 Å². The molecule has 2 aromatic heterocycles. The fourth-order valence-electron chi connectivity index (χ4n) is 3.73. The second kappa shape index (κ2) is 8.58. The predicted octanol–water partition coefficient (Wildman–Crippen LogP) is 5.43. The lowest BCUT2D eigenvalue weighted by Crippen LogP contribution is -2.13. The average molecular weight is 456 g/mol. The molecule has 0 aliphatic rings. The van der Waals surface area contributed by atoms with Crippen LogP contribution >= 0.6 is 0 Å². The largest absolute Gasteiger partial charge is 0.465 e. The van der Waals surface area contributed by atoms with Crippen LogP contribution in [-0.2, 0) is 4.74 Å². The van der Waals surface area contributed by atoms with Gasteiger partial charge in [-0.3, -0.25) is 10.6 Å². The van der Waals surface area contributed by atoms with Crippen molar-refractivity contribution in [3.63, 3.8) is 0 Å². The monoisotopic (exact) mass is 456 g/mol. The summed E-state index contributed by atoms with van der Waals surface area (Å²) in [6.45, 7) is 2.04. The molecule has 0 saturated heterocycles. The van der Waals surface area contributed by atoms with Crippen molar-refractivity contribution in [1.82, 2.24) is 19.9 Å². The van der Waals surface area contributed by atoms with Crippen LogP contribution in [0.2, 0.25) is 0 Å². The van der Waals surface area contributed by atoms with Crippen molar-refractivity contribution in [2.75, 3.05) is 17.2 Å². The number of ether oxygens (including phenoxy) is 1. The molecular formula is C24H20N6O4. The predicted molar refractivity (Wildman–Crippen MR) is 129 cm³/mol. The Hall–Kier alpha value is -4.86. The Balaban J connectivity index is 1.51. The average Bonchev–Trinajstić information content (AvgIpc) is 3.42. The van der Waals surface area contributed by atoms with Gasteiger partial charge in [0, 0.05) is 22.5 Å². The van der Waals surface area contributed by atoms with E-state index in [9.17, 15) is 9.59 Å². The minimum absolute atomic E-state index is 0.290. The summed E-state index contributed by atoms with van der Waals surface area (Å²) in [5, 5.41) is 14.0. The van der Waals surface area contributed by atoms with Crippen molar-refractivity contribution < 1.29 is 19.4 Å². The maximum Gasteiger partial charge on any atom is 0.411 e. The van der Waals surface area contributed by atoms with Gasteiger partial charge in [-0.25, -0.2) is 19.6 Å². The highest BCUT2D eigenvalue weighted by Crippen LogP contribution is 2.32. The van der Waals surface area contributed by atoms with Crippen LogP contribution in [0, 0.1) is 0 Å². The Morgan fingerprint density at radius 1 is 0.853 bits per heavy atom. The zero-order valence-electron chi connectivity index (χ0n) is 18.0. The highest BCUT2D eigenvalue weighted by molar-refractivity contribution is 5.92. The van der Waals surface area contributed by atoms with Gasteiger partial charge in [-0.2, -0.15) is 0 Å². The van der Waals surface area contributed by atoms with E-state index in [-0.39, 0.29) is 6.61 Å². The van der Waals surface area contributed by atoms with E-state index in [0.717, 1.165) is 22.2 Å². The second-order valence-electron chi connectivity index (χ2n) is 7.46. The lowest BCUT2D eigenvalue weighted by Gasteiger charge is -2.04. The van der Waals surface area contributed by atoms with Crippen LogP contribution in [0.5, 0.6) is 0 Å². The number of carbonyl (C=O) groups is 2. The van der Waals surface area contributed by atoms with Gasteiger partial charge in [-0.15, -0.1) is 0 Å². The maximum atomic E-state index is 11.7. The molecule has 5 aromatic rings. The summed E-state index contributed by atoms with van der Waals surface area (Å²) in [6.07, 6.45) is -1.64. The van der Waals surface area contributed by atoms with Crippen molar-refractivity contribution >= 4 is 45.6 Å². The molecule has 3 aromatic carbocycles. The first kappa shape index (κ1) is 21.0. The molecule has 0 bridgehead atoms. The van der Waals surface area contributed by atoms with Crippen LogP contribution < -0.4 is 10.6 Å². The van der Waals surface area contributed by atoms with Gasteiger partial charge in [-0.1, -0.05) is 24.3 Å². The molecule has 10 heteroatoms. The fraction of sp³-hybridized carbons (Fsp3) is 0.0833. The Morgan fingerprint density at radius 2 is 1.38 bits per heavy atom. The summed E-state index contributed by atoms with van der Waals surface area (Å²) in [4.78, 5) is 38.6. The number of aromatic amines is 2. The third-order valence-corrected chi connectivity index (χ3v) is 5.17. The number of carbonyl (C=O) groups excluding carboxylic acids is 1. The summed E-state index contributed by atoms with van der Waals surface area (Å²) >= 11 is 0. The van der Waals surface area contributed by atoms with Gasteiger partial charge in [-0.05, 0) is 43.3 Å². The number of benzene rings is 3. The highest BCUT2D eigenvalue weighted by Gasteiger charge is 2.15. The molecule has 170 valence electrons. The van der Waals surface area contributed by atoms with Gasteiger partial charge >= 0.3 is 12.2 Å². The maximum absolute atomic E-state index is 11.7. The summed E-state index contributed by atoms with van der Waals surface area (Å²) < 4.78 is 4.93. The standard InChI is InChI=1S/C24H20N6O4/c1-2-34-24(33)26-14-8-10-18-20(12-14)30-22(28-18)16-6-4-3-5-15(16)21-27-17-9-7-13(25-23(31)32)11-19(17)29-21/h3-12,25H,2H2,1H3,(H,26,33)(H,27,29)(H,28,30)(H,31,32). The quantitative estimate of drug-likeness (QED) is 0.238. The van der Waals surface area contributed by atoms with Gasteiger partial charge < -0.3 is 19.8 Å². The molecule has 0 atom stereocenters. The number of hydrogen-bond donors (Lipinski definition) is 5. The minimum Gasteiger partial charge on any atom is -0.465 e. The SMILES string of the molecule is CCOC(=O)Nc1ccc2nc(-c3ccccc3-c3nc4ccc(NC(=O)O)cc4[nH]3)[nH]c2c1. The number of H-pyrrole nitrogens is 2. The Bertz CT molecular complexity index is 1540. The fourth-order valence-corrected chi connectivity index (χ4v) is 3.73. The lowest BCUT2D eigenvalue weighted by atomic mass is 10.1. The third-order valence-electron chi connectivity index (χ3n) is 5.17. The zero-order valence-corrected chi connectivity index (χ0v) is 18.0. The summed E-state index contributed by atoms with van der Waals surface area (Å²) in [5.41, 5.74) is 5.62. The van der Waals surface area contributed by atoms with E-state index in [1.54, 1.807) is 37.3 Å². The summed E-state index contributed by atoms with van der Waals surface area (Å²) in [7, 11) is 0. The number of aromatic nitrogens is 4. The number of carboxylic acid groups (broad SMARTS) is 1. The van der Waals surface area contributed by atoms with Gasteiger partial charge in [0.15, 0.2) is 0 Å². The van der Waals surface area contributed by atoms with Crippen LogP contribution in [0.15, 0.2) is 60.7 Å². The van der Waals surface area contributed by atoms with E-state index in [4.69, 9.17) is 14.8 Å². The number of anilines is 2. The van der Waals surface area contributed by atoms with E-state index in [0.29, 0.717) is 34.1 Å². The van der Waals surface area contributed by atoms with Crippen LogP contribution in [0.1, 0.15) is 6.92 Å². The molecule has 10 nitrogen and oxygen atoms in total. The van der Waals surface area contributed by atoms with E-state index in [1.807, 2.05) is 30.3 Å². The summed E-state index contributed by atoms with van der Waals surface area (Å²) in [5.74, 6) is 1.27. The van der Waals surface area contributed by atoms with E-state index in [2.05, 4.69) is 25.6 Å². The molecule has 5 N–H and O–H groups in total. The molecule has 5 rings (SSSR count).